The van der Waals surface area contributed by atoms with E-state index in [1.165, 1.54) is 38.6 Å². The van der Waals surface area contributed by atoms with Crippen molar-refractivity contribution in [2.24, 2.45) is 5.73 Å². The van der Waals surface area contributed by atoms with Gasteiger partial charge in [-0.2, -0.15) is 0 Å². The van der Waals surface area contributed by atoms with Crippen LogP contribution in [0, 0.1) is 0 Å². The number of aromatic nitrogens is 1. The number of allylic oxidation sites excluding steroid dienone is 1. The minimum Gasteiger partial charge on any atom is -0.327 e. The van der Waals surface area contributed by atoms with E-state index >= 15 is 0 Å². The lowest BCUT2D eigenvalue weighted by Gasteiger charge is -2.14. The molecule has 2 N–H and O–H groups in total. The Morgan fingerprint density at radius 3 is 2.71 bits per heavy atom. The zero-order valence-electron chi connectivity index (χ0n) is 13.2. The van der Waals surface area contributed by atoms with Crippen LogP contribution in [0.1, 0.15) is 56.2 Å². The lowest BCUT2D eigenvalue weighted by atomic mass is 9.92. The third-order valence-electron chi connectivity index (χ3n) is 4.83. The van der Waals surface area contributed by atoms with Crippen LogP contribution in [0.15, 0.2) is 30.1 Å². The normalized spacial score (nSPS) is 18.2. The Morgan fingerprint density at radius 1 is 1.24 bits per heavy atom. The summed E-state index contributed by atoms with van der Waals surface area (Å²) < 4.78 is 0. The number of nitrogens with two attached hydrogens (primary N) is 1. The highest BCUT2D eigenvalue weighted by Gasteiger charge is 2.22. The summed E-state index contributed by atoms with van der Waals surface area (Å²) in [6.07, 6.45) is 7.24. The second-order valence-electron chi connectivity index (χ2n) is 6.06. The fourth-order valence-electron chi connectivity index (χ4n) is 3.73. The summed E-state index contributed by atoms with van der Waals surface area (Å²) >= 11 is 0. The number of nitrogens with zero attached hydrogens (tertiary/aromatic N) is 1. The first-order valence-electron chi connectivity index (χ1n) is 8.01. The van der Waals surface area contributed by atoms with Gasteiger partial charge >= 0.3 is 0 Å². The highest BCUT2D eigenvalue weighted by atomic mass is 14.6. The fraction of sp³-hybridized carbons (Fsp3) is 0.421. The SMILES string of the molecule is CC/C(CN)=C(\CC)c1cc2c3c(cncc3c1)C(C)C2. The topological polar surface area (TPSA) is 38.9 Å². The number of pyridine rings is 1. The highest BCUT2D eigenvalue weighted by Crippen LogP contribution is 2.39. The Labute approximate surface area is 127 Å². The molecular weight excluding hydrogens is 256 g/mol. The van der Waals surface area contributed by atoms with E-state index in [1.54, 1.807) is 0 Å². The van der Waals surface area contributed by atoms with Crippen LogP contribution in [-0.4, -0.2) is 11.5 Å². The molecule has 21 heavy (non-hydrogen) atoms. The van der Waals surface area contributed by atoms with Gasteiger partial charge in [0.15, 0.2) is 0 Å². The molecule has 0 amide bonds. The van der Waals surface area contributed by atoms with Gasteiger partial charge in [0, 0.05) is 24.3 Å². The zero-order chi connectivity index (χ0) is 15.0. The van der Waals surface area contributed by atoms with Gasteiger partial charge in [0.2, 0.25) is 0 Å². The molecule has 1 heterocycles. The smallest absolute Gasteiger partial charge is 0.0346 e. The van der Waals surface area contributed by atoms with Gasteiger partial charge in [-0.05, 0) is 58.9 Å². The number of hydrogen-bond donors (Lipinski definition) is 1. The summed E-state index contributed by atoms with van der Waals surface area (Å²) in [5.41, 5.74) is 13.0. The Kier molecular flexibility index (Phi) is 3.81. The monoisotopic (exact) mass is 280 g/mol. The molecule has 1 aromatic carbocycles. The van der Waals surface area contributed by atoms with E-state index in [9.17, 15) is 0 Å². The second-order valence-corrected chi connectivity index (χ2v) is 6.06. The van der Waals surface area contributed by atoms with E-state index in [-0.39, 0.29) is 0 Å². The first-order chi connectivity index (χ1) is 10.2. The summed E-state index contributed by atoms with van der Waals surface area (Å²) in [4.78, 5) is 4.44. The molecule has 1 aromatic heterocycles. The van der Waals surface area contributed by atoms with Crippen molar-refractivity contribution in [1.82, 2.24) is 4.98 Å². The lowest BCUT2D eigenvalue weighted by Crippen LogP contribution is -2.05. The van der Waals surface area contributed by atoms with Gasteiger partial charge in [0.1, 0.15) is 0 Å². The molecule has 1 atom stereocenters. The summed E-state index contributed by atoms with van der Waals surface area (Å²) in [6, 6.07) is 4.69. The third-order valence-corrected chi connectivity index (χ3v) is 4.83. The number of rotatable bonds is 4. The first-order valence-corrected chi connectivity index (χ1v) is 8.01. The summed E-state index contributed by atoms with van der Waals surface area (Å²) in [6.45, 7) is 7.37. The molecule has 0 saturated heterocycles. The molecule has 1 aliphatic carbocycles. The largest absolute Gasteiger partial charge is 0.327 e. The maximum absolute atomic E-state index is 5.94. The van der Waals surface area contributed by atoms with Gasteiger partial charge in [-0.15, -0.1) is 0 Å². The molecule has 0 fully saturated rings. The molecule has 1 unspecified atom stereocenters. The van der Waals surface area contributed by atoms with E-state index in [2.05, 4.69) is 37.9 Å². The maximum atomic E-state index is 5.94. The van der Waals surface area contributed by atoms with Crippen LogP contribution in [0.25, 0.3) is 16.3 Å². The van der Waals surface area contributed by atoms with Crippen molar-refractivity contribution in [3.8, 4) is 0 Å². The van der Waals surface area contributed by atoms with Crippen molar-refractivity contribution in [2.75, 3.05) is 6.54 Å². The number of hydrogen-bond acceptors (Lipinski definition) is 2. The van der Waals surface area contributed by atoms with Crippen molar-refractivity contribution in [1.29, 1.82) is 0 Å². The van der Waals surface area contributed by atoms with Crippen molar-refractivity contribution in [3.05, 3.63) is 46.8 Å². The highest BCUT2D eigenvalue weighted by molar-refractivity contribution is 5.93. The van der Waals surface area contributed by atoms with Crippen LogP contribution in [0.3, 0.4) is 0 Å². The molecule has 0 spiro atoms. The molecule has 1 aliphatic rings. The van der Waals surface area contributed by atoms with Gasteiger partial charge in [0.25, 0.3) is 0 Å². The summed E-state index contributed by atoms with van der Waals surface area (Å²) in [5, 5.41) is 2.71. The van der Waals surface area contributed by atoms with Gasteiger partial charge in [-0.3, -0.25) is 4.98 Å². The van der Waals surface area contributed by atoms with Crippen LogP contribution < -0.4 is 5.73 Å². The Morgan fingerprint density at radius 2 is 2.05 bits per heavy atom. The van der Waals surface area contributed by atoms with Gasteiger partial charge < -0.3 is 5.73 Å². The predicted molar refractivity (Wildman–Crippen MR) is 90.4 cm³/mol. The van der Waals surface area contributed by atoms with Gasteiger partial charge in [-0.1, -0.05) is 32.4 Å². The summed E-state index contributed by atoms with van der Waals surface area (Å²) in [5.74, 6) is 0.584. The molecule has 2 nitrogen and oxygen atoms in total. The molecule has 2 heteroatoms. The van der Waals surface area contributed by atoms with Gasteiger partial charge in [0.05, 0.1) is 0 Å². The predicted octanol–water partition coefficient (Wildman–Crippen LogP) is 4.43. The van der Waals surface area contributed by atoms with E-state index in [1.807, 2.05) is 12.4 Å². The molecule has 0 bridgehead atoms. The average Bonchev–Trinajstić information content (AvgIpc) is 2.82. The quantitative estimate of drug-likeness (QED) is 0.900. The molecular formula is C19H24N2. The molecule has 0 aliphatic heterocycles. The fourth-order valence-corrected chi connectivity index (χ4v) is 3.73. The Hall–Kier alpha value is -1.67. The van der Waals surface area contributed by atoms with Crippen molar-refractivity contribution >= 4 is 16.3 Å². The van der Waals surface area contributed by atoms with Crippen molar-refractivity contribution in [3.63, 3.8) is 0 Å². The zero-order valence-corrected chi connectivity index (χ0v) is 13.2. The van der Waals surface area contributed by atoms with Crippen LogP contribution in [-0.2, 0) is 6.42 Å². The molecule has 0 radical (unpaired) electrons. The number of benzene rings is 1. The standard InChI is InChI=1S/C19H24N2/c1-4-13(9-20)17(5-2)14-7-15-6-12(3)18-11-21-10-16(8-14)19(15)18/h7-8,10-12H,4-6,9,20H2,1-3H3/b17-13-. The Bertz CT molecular complexity index is 707. The van der Waals surface area contributed by atoms with Gasteiger partial charge in [-0.25, -0.2) is 0 Å². The van der Waals surface area contributed by atoms with E-state index in [0.717, 1.165) is 19.3 Å². The molecule has 3 rings (SSSR count). The molecule has 110 valence electrons. The summed E-state index contributed by atoms with van der Waals surface area (Å²) in [7, 11) is 0. The molecule has 0 saturated carbocycles. The minimum absolute atomic E-state index is 0.584. The van der Waals surface area contributed by atoms with E-state index in [4.69, 9.17) is 5.73 Å². The van der Waals surface area contributed by atoms with E-state index < -0.39 is 0 Å². The lowest BCUT2D eigenvalue weighted by molar-refractivity contribution is 0.794. The van der Waals surface area contributed by atoms with Crippen molar-refractivity contribution < 1.29 is 0 Å². The van der Waals surface area contributed by atoms with Crippen LogP contribution in [0.2, 0.25) is 0 Å². The van der Waals surface area contributed by atoms with Crippen molar-refractivity contribution in [2.45, 2.75) is 46.0 Å². The van der Waals surface area contributed by atoms with E-state index in [0.29, 0.717) is 12.5 Å². The van der Waals surface area contributed by atoms with Crippen LogP contribution in [0.4, 0.5) is 0 Å². The Balaban J connectivity index is 2.23. The third kappa shape index (κ3) is 2.28. The van der Waals surface area contributed by atoms with Crippen LogP contribution >= 0.6 is 0 Å². The minimum atomic E-state index is 0.584. The average molecular weight is 280 g/mol. The second kappa shape index (κ2) is 5.61. The first kappa shape index (κ1) is 14.3. The van der Waals surface area contributed by atoms with Crippen LogP contribution in [0.5, 0.6) is 0 Å². The molecule has 2 aromatic rings. The maximum Gasteiger partial charge on any atom is 0.0346 e.